The summed E-state index contributed by atoms with van der Waals surface area (Å²) in [5.41, 5.74) is -0.303. The van der Waals surface area contributed by atoms with Gasteiger partial charge >= 0.3 is 0 Å². The first kappa shape index (κ1) is 13.4. The number of benzene rings is 1. The van der Waals surface area contributed by atoms with Crippen LogP contribution in [0.4, 0.5) is 5.69 Å². The molecule has 0 spiro atoms. The number of hydrogen-bond acceptors (Lipinski definition) is 5. The maximum atomic E-state index is 12.2. The van der Waals surface area contributed by atoms with Gasteiger partial charge in [-0.15, -0.1) is 0 Å². The Kier molecular flexibility index (Phi) is 3.49. The SMILES string of the molecule is O=C1CN(S(=O)(=O)c2cccc([N+](=O)[O-])c2)CCN1. The van der Waals surface area contributed by atoms with E-state index < -0.39 is 14.9 Å². The highest BCUT2D eigenvalue weighted by molar-refractivity contribution is 7.89. The Morgan fingerprint density at radius 2 is 2.11 bits per heavy atom. The molecule has 1 amide bonds. The predicted octanol–water partition coefficient (Wildman–Crippen LogP) is -0.285. The molecule has 0 unspecified atom stereocenters. The monoisotopic (exact) mass is 285 g/mol. The number of non-ortho nitro benzene ring substituents is 1. The maximum absolute atomic E-state index is 12.2. The number of carbonyl (C=O) groups excluding carboxylic acids is 1. The van der Waals surface area contributed by atoms with Crippen LogP contribution in [0.2, 0.25) is 0 Å². The highest BCUT2D eigenvalue weighted by Gasteiger charge is 2.29. The fraction of sp³-hybridized carbons (Fsp3) is 0.300. The molecule has 8 nitrogen and oxygen atoms in total. The summed E-state index contributed by atoms with van der Waals surface area (Å²) in [6, 6.07) is 4.77. The summed E-state index contributed by atoms with van der Waals surface area (Å²) in [7, 11) is -3.88. The lowest BCUT2D eigenvalue weighted by Gasteiger charge is -2.25. The Labute approximate surface area is 109 Å². The number of carbonyl (C=O) groups is 1. The van der Waals surface area contributed by atoms with Crippen LogP contribution in [0.25, 0.3) is 0 Å². The first-order valence-electron chi connectivity index (χ1n) is 5.42. The summed E-state index contributed by atoms with van der Waals surface area (Å²) in [6.45, 7) is 0.106. The number of rotatable bonds is 3. The minimum atomic E-state index is -3.88. The number of amides is 1. The van der Waals surface area contributed by atoms with Gasteiger partial charge < -0.3 is 5.32 Å². The van der Waals surface area contributed by atoms with Crippen LogP contribution < -0.4 is 5.32 Å². The third-order valence-corrected chi connectivity index (χ3v) is 4.51. The van der Waals surface area contributed by atoms with Gasteiger partial charge in [-0.05, 0) is 6.07 Å². The Bertz CT molecular complexity index is 628. The van der Waals surface area contributed by atoms with Crippen molar-refractivity contribution in [3.8, 4) is 0 Å². The van der Waals surface area contributed by atoms with E-state index >= 15 is 0 Å². The lowest BCUT2D eigenvalue weighted by atomic mass is 10.3. The fourth-order valence-corrected chi connectivity index (χ4v) is 3.16. The fourth-order valence-electron chi connectivity index (χ4n) is 1.73. The topological polar surface area (TPSA) is 110 Å². The first-order valence-corrected chi connectivity index (χ1v) is 6.86. The summed E-state index contributed by atoms with van der Waals surface area (Å²) >= 11 is 0. The molecule has 0 aromatic heterocycles. The van der Waals surface area contributed by atoms with E-state index in [1.165, 1.54) is 18.2 Å². The van der Waals surface area contributed by atoms with Crippen LogP contribution in [0.1, 0.15) is 0 Å². The van der Waals surface area contributed by atoms with Crippen LogP contribution in [-0.4, -0.2) is 43.2 Å². The quantitative estimate of drug-likeness (QED) is 0.606. The number of piperazine rings is 1. The normalized spacial score (nSPS) is 16.9. The smallest absolute Gasteiger partial charge is 0.270 e. The van der Waals surface area contributed by atoms with Gasteiger partial charge in [-0.25, -0.2) is 8.42 Å². The van der Waals surface area contributed by atoms with Gasteiger partial charge in [-0.3, -0.25) is 14.9 Å². The van der Waals surface area contributed by atoms with Gasteiger partial charge in [0, 0.05) is 25.2 Å². The van der Waals surface area contributed by atoms with E-state index in [1.807, 2.05) is 0 Å². The van der Waals surface area contributed by atoms with Gasteiger partial charge in [0.05, 0.1) is 16.4 Å². The Morgan fingerprint density at radius 3 is 2.74 bits per heavy atom. The number of nitrogens with one attached hydrogen (secondary N) is 1. The molecule has 1 heterocycles. The summed E-state index contributed by atoms with van der Waals surface area (Å²) in [4.78, 5) is 21.0. The molecule has 1 aromatic carbocycles. The minimum Gasteiger partial charge on any atom is -0.354 e. The molecule has 1 aromatic rings. The molecule has 1 saturated heterocycles. The largest absolute Gasteiger partial charge is 0.354 e. The van der Waals surface area contributed by atoms with Crippen LogP contribution in [0, 0.1) is 10.1 Å². The van der Waals surface area contributed by atoms with Crippen LogP contribution in [-0.2, 0) is 14.8 Å². The number of hydrogen-bond donors (Lipinski definition) is 1. The molecule has 0 aliphatic carbocycles. The molecular formula is C10H11N3O5S. The molecule has 2 rings (SSSR count). The van der Waals surface area contributed by atoms with Crippen molar-refractivity contribution in [2.75, 3.05) is 19.6 Å². The Balaban J connectivity index is 2.36. The van der Waals surface area contributed by atoms with Crippen LogP contribution >= 0.6 is 0 Å². The molecule has 1 aliphatic rings. The average Bonchev–Trinajstić information content (AvgIpc) is 2.39. The number of sulfonamides is 1. The molecule has 1 fully saturated rings. The number of nitrogens with zero attached hydrogens (tertiary/aromatic N) is 2. The van der Waals surface area contributed by atoms with Crippen molar-refractivity contribution in [2.45, 2.75) is 4.90 Å². The molecule has 9 heteroatoms. The standard InChI is InChI=1S/C10H11N3O5S/c14-10-7-12(5-4-11-10)19(17,18)9-3-1-2-8(6-9)13(15)16/h1-3,6H,4-5,7H2,(H,11,14). The Morgan fingerprint density at radius 1 is 1.37 bits per heavy atom. The van der Waals surface area contributed by atoms with Crippen LogP contribution in [0.3, 0.4) is 0 Å². The van der Waals surface area contributed by atoms with Crippen molar-refractivity contribution < 1.29 is 18.1 Å². The van der Waals surface area contributed by atoms with E-state index in [0.717, 1.165) is 10.4 Å². The molecular weight excluding hydrogens is 274 g/mol. The van der Waals surface area contributed by atoms with Crippen molar-refractivity contribution in [2.24, 2.45) is 0 Å². The summed E-state index contributed by atoms with van der Waals surface area (Å²) < 4.78 is 25.5. The lowest BCUT2D eigenvalue weighted by molar-refractivity contribution is -0.385. The summed E-state index contributed by atoms with van der Waals surface area (Å²) in [5, 5.41) is 13.2. The van der Waals surface area contributed by atoms with Crippen molar-refractivity contribution in [3.63, 3.8) is 0 Å². The minimum absolute atomic E-state index is 0.150. The highest BCUT2D eigenvalue weighted by atomic mass is 32.2. The van der Waals surface area contributed by atoms with E-state index in [1.54, 1.807) is 0 Å². The van der Waals surface area contributed by atoms with Crippen molar-refractivity contribution >= 4 is 21.6 Å². The van der Waals surface area contributed by atoms with Crippen molar-refractivity contribution in [1.82, 2.24) is 9.62 Å². The lowest BCUT2D eigenvalue weighted by Crippen LogP contribution is -2.49. The zero-order valence-corrected chi connectivity index (χ0v) is 10.6. The van der Waals surface area contributed by atoms with E-state index in [0.29, 0.717) is 0 Å². The van der Waals surface area contributed by atoms with Crippen molar-refractivity contribution in [1.29, 1.82) is 0 Å². The first-order chi connectivity index (χ1) is 8.91. The molecule has 0 atom stereocenters. The third-order valence-electron chi connectivity index (χ3n) is 2.67. The molecule has 0 bridgehead atoms. The molecule has 0 saturated carbocycles. The van der Waals surface area contributed by atoms with Gasteiger partial charge in [0.2, 0.25) is 15.9 Å². The summed E-state index contributed by atoms with van der Waals surface area (Å²) in [5.74, 6) is -0.389. The third kappa shape index (κ3) is 2.71. The van der Waals surface area contributed by atoms with Crippen LogP contribution in [0.15, 0.2) is 29.2 Å². The predicted molar refractivity (Wildman–Crippen MR) is 64.9 cm³/mol. The van der Waals surface area contributed by atoms with Gasteiger partial charge in [0.1, 0.15) is 0 Å². The van der Waals surface area contributed by atoms with Gasteiger partial charge in [-0.1, -0.05) is 6.07 Å². The van der Waals surface area contributed by atoms with E-state index in [9.17, 15) is 23.3 Å². The molecule has 19 heavy (non-hydrogen) atoms. The van der Waals surface area contributed by atoms with Gasteiger partial charge in [0.25, 0.3) is 5.69 Å². The molecule has 0 radical (unpaired) electrons. The second-order valence-corrected chi connectivity index (χ2v) is 5.88. The second-order valence-electron chi connectivity index (χ2n) is 3.94. The maximum Gasteiger partial charge on any atom is 0.270 e. The summed E-state index contributed by atoms with van der Waals surface area (Å²) in [6.07, 6.45) is 0. The number of nitro groups is 1. The highest BCUT2D eigenvalue weighted by Crippen LogP contribution is 2.21. The van der Waals surface area contributed by atoms with E-state index in [-0.39, 0.29) is 36.1 Å². The molecule has 1 aliphatic heterocycles. The van der Waals surface area contributed by atoms with E-state index in [4.69, 9.17) is 0 Å². The Hall–Kier alpha value is -2.00. The van der Waals surface area contributed by atoms with Crippen LogP contribution in [0.5, 0.6) is 0 Å². The van der Waals surface area contributed by atoms with E-state index in [2.05, 4.69) is 5.32 Å². The second kappa shape index (κ2) is 4.94. The molecule has 1 N–H and O–H groups in total. The van der Waals surface area contributed by atoms with Gasteiger partial charge in [0.15, 0.2) is 0 Å². The number of nitro benzene ring substituents is 1. The average molecular weight is 285 g/mol. The zero-order chi connectivity index (χ0) is 14.0. The zero-order valence-electron chi connectivity index (χ0n) is 9.77. The molecule has 102 valence electrons. The van der Waals surface area contributed by atoms with Gasteiger partial charge in [-0.2, -0.15) is 4.31 Å². The van der Waals surface area contributed by atoms with Crippen molar-refractivity contribution in [3.05, 3.63) is 34.4 Å².